The van der Waals surface area contributed by atoms with Crippen molar-refractivity contribution in [2.45, 2.75) is 6.54 Å². The van der Waals surface area contributed by atoms with Crippen LogP contribution in [0, 0.1) is 15.9 Å². The van der Waals surface area contributed by atoms with E-state index in [4.69, 9.17) is 9.15 Å². The van der Waals surface area contributed by atoms with Gasteiger partial charge in [0.15, 0.2) is 11.8 Å². The highest BCUT2D eigenvalue weighted by Gasteiger charge is 2.34. The zero-order valence-electron chi connectivity index (χ0n) is 22.3. The lowest BCUT2D eigenvalue weighted by atomic mass is 10.2. The predicted molar refractivity (Wildman–Crippen MR) is 160 cm³/mol. The Morgan fingerprint density at radius 3 is 2.67 bits per heavy atom. The number of ether oxygens (including phenoxy) is 1. The molecule has 5 rings (SSSR count). The number of halogens is 1. The number of amidine groups is 1. The Kier molecular flexibility index (Phi) is 9.02. The van der Waals surface area contributed by atoms with Gasteiger partial charge in [0.05, 0.1) is 28.9 Å². The zero-order chi connectivity index (χ0) is 30.2. The SMILES string of the molecule is O=C(COc1ccccc1/C=C1\S/C(=N/N=C\c2cccc([N+](=O)[O-])c2)N(Cc2ccco2)C1=O)Nc1ccc(F)cc1. The Morgan fingerprint density at radius 2 is 1.91 bits per heavy atom. The number of nitrogens with zero attached hydrogens (tertiary/aromatic N) is 4. The fourth-order valence-corrected chi connectivity index (χ4v) is 4.82. The molecule has 4 aromatic rings. The highest BCUT2D eigenvalue weighted by molar-refractivity contribution is 8.18. The molecule has 0 aliphatic carbocycles. The first kappa shape index (κ1) is 29.0. The van der Waals surface area contributed by atoms with E-state index in [0.717, 1.165) is 11.8 Å². The Bertz CT molecular complexity index is 1740. The van der Waals surface area contributed by atoms with Crippen molar-refractivity contribution in [2.24, 2.45) is 10.2 Å². The van der Waals surface area contributed by atoms with E-state index < -0.39 is 16.6 Å². The molecular formula is C30H22FN5O6S. The molecule has 2 heterocycles. The minimum Gasteiger partial charge on any atom is -0.483 e. The van der Waals surface area contributed by atoms with E-state index in [9.17, 15) is 24.1 Å². The number of nitro groups is 1. The van der Waals surface area contributed by atoms with Crippen LogP contribution >= 0.6 is 11.8 Å². The van der Waals surface area contributed by atoms with Gasteiger partial charge in [0.2, 0.25) is 0 Å². The van der Waals surface area contributed by atoms with Crippen LogP contribution in [0.5, 0.6) is 5.75 Å². The third-order valence-electron chi connectivity index (χ3n) is 5.91. The lowest BCUT2D eigenvalue weighted by Gasteiger charge is -2.12. The van der Waals surface area contributed by atoms with E-state index in [1.807, 2.05) is 0 Å². The molecule has 11 nitrogen and oxygen atoms in total. The summed E-state index contributed by atoms with van der Waals surface area (Å²) in [5.74, 6) is -0.317. The van der Waals surface area contributed by atoms with Gasteiger partial charge >= 0.3 is 0 Å². The summed E-state index contributed by atoms with van der Waals surface area (Å²) < 4.78 is 24.3. The summed E-state index contributed by atoms with van der Waals surface area (Å²) in [5.41, 5.74) is 1.36. The highest BCUT2D eigenvalue weighted by Crippen LogP contribution is 2.35. The lowest BCUT2D eigenvalue weighted by Crippen LogP contribution is -2.28. The quantitative estimate of drug-likeness (QED) is 0.104. The number of non-ortho nitro benzene ring substituents is 1. The van der Waals surface area contributed by atoms with Gasteiger partial charge in [-0.25, -0.2) is 4.39 Å². The average molecular weight is 600 g/mol. The topological polar surface area (TPSA) is 140 Å². The zero-order valence-corrected chi connectivity index (χ0v) is 23.1. The Balaban J connectivity index is 1.34. The van der Waals surface area contributed by atoms with Crippen LogP contribution in [0.25, 0.3) is 6.08 Å². The summed E-state index contributed by atoms with van der Waals surface area (Å²) in [4.78, 5) is 38.1. The van der Waals surface area contributed by atoms with E-state index >= 15 is 0 Å². The Morgan fingerprint density at radius 1 is 1.09 bits per heavy atom. The molecule has 0 radical (unpaired) electrons. The van der Waals surface area contributed by atoms with Crippen molar-refractivity contribution in [3.63, 3.8) is 0 Å². The fourth-order valence-electron chi connectivity index (χ4n) is 3.89. The number of rotatable bonds is 10. The minimum atomic E-state index is -0.504. The highest BCUT2D eigenvalue weighted by atomic mass is 32.2. The normalized spacial score (nSPS) is 15.0. The summed E-state index contributed by atoms with van der Waals surface area (Å²) in [5, 5.41) is 22.2. The molecule has 1 fully saturated rings. The van der Waals surface area contributed by atoms with Gasteiger partial charge in [0, 0.05) is 28.9 Å². The second-order valence-corrected chi connectivity index (χ2v) is 9.95. The summed E-state index contributed by atoms with van der Waals surface area (Å²) in [7, 11) is 0. The number of anilines is 1. The van der Waals surface area contributed by atoms with Gasteiger partial charge in [0.25, 0.3) is 17.5 Å². The number of carbonyl (C=O) groups is 2. The fraction of sp³-hybridized carbons (Fsp3) is 0.0667. The summed E-state index contributed by atoms with van der Waals surface area (Å²) in [6.07, 6.45) is 4.48. The minimum absolute atomic E-state index is 0.0829. The van der Waals surface area contributed by atoms with Gasteiger partial charge in [-0.2, -0.15) is 5.10 Å². The summed E-state index contributed by atoms with van der Waals surface area (Å²) >= 11 is 1.08. The van der Waals surface area contributed by atoms with Crippen LogP contribution in [0.3, 0.4) is 0 Å². The molecule has 216 valence electrons. The van der Waals surface area contributed by atoms with Crippen LogP contribution in [0.2, 0.25) is 0 Å². The van der Waals surface area contributed by atoms with Crippen molar-refractivity contribution in [1.82, 2.24) is 4.90 Å². The lowest BCUT2D eigenvalue weighted by molar-refractivity contribution is -0.384. The standard InChI is InChI=1S/C30H22FN5O6S/c31-22-10-12-23(13-11-22)33-28(37)19-42-26-9-2-1-6-21(26)16-27-29(38)35(18-25-8-4-14-41-25)30(43-27)34-32-17-20-5-3-7-24(15-20)36(39)40/h1-17H,18-19H2,(H,33,37)/b27-16-,32-17-,34-30+. The van der Waals surface area contributed by atoms with Crippen LogP contribution in [0.15, 0.2) is 111 Å². The molecule has 1 aliphatic heterocycles. The van der Waals surface area contributed by atoms with Gasteiger partial charge in [-0.3, -0.25) is 24.6 Å². The third-order valence-corrected chi connectivity index (χ3v) is 6.90. The van der Waals surface area contributed by atoms with Crippen molar-refractivity contribution >= 4 is 52.4 Å². The third kappa shape index (κ3) is 7.59. The first-order chi connectivity index (χ1) is 20.9. The molecule has 2 amide bonds. The largest absolute Gasteiger partial charge is 0.483 e. The molecule has 1 aliphatic rings. The molecule has 0 saturated carbocycles. The number of hydrogen-bond acceptors (Lipinski definition) is 9. The molecule has 13 heteroatoms. The van der Waals surface area contributed by atoms with Gasteiger partial charge in [-0.1, -0.05) is 30.3 Å². The van der Waals surface area contributed by atoms with Crippen LogP contribution in [0.1, 0.15) is 16.9 Å². The second-order valence-electron chi connectivity index (χ2n) is 8.94. The summed E-state index contributed by atoms with van der Waals surface area (Å²) in [6, 6.07) is 21.6. The number of para-hydroxylation sites is 1. The van der Waals surface area contributed by atoms with Crippen molar-refractivity contribution < 1.29 is 28.1 Å². The van der Waals surface area contributed by atoms with Crippen molar-refractivity contribution in [1.29, 1.82) is 0 Å². The number of thioether (sulfide) groups is 1. The summed E-state index contributed by atoms with van der Waals surface area (Å²) in [6.45, 7) is -0.217. The molecule has 1 aromatic heterocycles. The molecule has 43 heavy (non-hydrogen) atoms. The molecule has 0 unspecified atom stereocenters. The molecule has 0 atom stereocenters. The second kappa shape index (κ2) is 13.4. The van der Waals surface area contributed by atoms with Crippen molar-refractivity contribution in [3.05, 3.63) is 129 Å². The van der Waals surface area contributed by atoms with Gasteiger partial charge < -0.3 is 14.5 Å². The molecule has 0 bridgehead atoms. The average Bonchev–Trinajstić information content (AvgIpc) is 3.62. The van der Waals surface area contributed by atoms with Gasteiger partial charge in [-0.05, 0) is 60.3 Å². The first-order valence-corrected chi connectivity index (χ1v) is 13.5. The maximum absolute atomic E-state index is 13.5. The number of nitrogens with one attached hydrogen (secondary N) is 1. The number of hydrogen-bond donors (Lipinski definition) is 1. The molecule has 0 spiro atoms. The van der Waals surface area contributed by atoms with Crippen molar-refractivity contribution in [3.8, 4) is 5.75 Å². The van der Waals surface area contributed by atoms with Crippen molar-refractivity contribution in [2.75, 3.05) is 11.9 Å². The predicted octanol–water partition coefficient (Wildman–Crippen LogP) is 5.85. The van der Waals surface area contributed by atoms with E-state index in [0.29, 0.717) is 33.2 Å². The van der Waals surface area contributed by atoms with E-state index in [2.05, 4.69) is 15.5 Å². The smallest absolute Gasteiger partial charge is 0.270 e. The number of nitro benzene ring substituents is 1. The number of furan rings is 1. The maximum Gasteiger partial charge on any atom is 0.270 e. The monoisotopic (exact) mass is 599 g/mol. The number of amides is 2. The molecule has 1 N–H and O–H groups in total. The van der Waals surface area contributed by atoms with E-state index in [1.54, 1.807) is 48.5 Å². The number of benzene rings is 3. The molecule has 3 aromatic carbocycles. The first-order valence-electron chi connectivity index (χ1n) is 12.7. The molecule has 1 saturated heterocycles. The number of carbonyl (C=O) groups excluding carboxylic acids is 2. The van der Waals surface area contributed by atoms with Gasteiger partial charge in [-0.15, -0.1) is 5.10 Å². The Labute approximate surface area is 248 Å². The van der Waals surface area contributed by atoms with Crippen LogP contribution in [-0.4, -0.2) is 39.6 Å². The molecular weight excluding hydrogens is 577 g/mol. The Hall–Kier alpha value is -5.56. The van der Waals surface area contributed by atoms with E-state index in [1.165, 1.54) is 59.8 Å². The van der Waals surface area contributed by atoms with Crippen LogP contribution in [0.4, 0.5) is 15.8 Å². The van der Waals surface area contributed by atoms with E-state index in [-0.39, 0.29) is 29.9 Å². The van der Waals surface area contributed by atoms with Crippen LogP contribution in [-0.2, 0) is 16.1 Å². The van der Waals surface area contributed by atoms with Gasteiger partial charge in [0.1, 0.15) is 17.3 Å². The maximum atomic E-state index is 13.5. The van der Waals surface area contributed by atoms with Crippen LogP contribution < -0.4 is 10.1 Å².